The van der Waals surface area contributed by atoms with Gasteiger partial charge in [0.1, 0.15) is 6.33 Å². The molecule has 2 heterocycles. The first-order valence-electron chi connectivity index (χ1n) is 7.44. The summed E-state index contributed by atoms with van der Waals surface area (Å²) in [6, 6.07) is 3.74. The molecule has 0 aliphatic rings. The van der Waals surface area contributed by atoms with Crippen LogP contribution in [0.25, 0.3) is 21.3 Å². The highest BCUT2D eigenvalue weighted by molar-refractivity contribution is 7.22. The number of ether oxygens (including phenoxy) is 1. The zero-order chi connectivity index (χ0) is 16.9. The summed E-state index contributed by atoms with van der Waals surface area (Å²) in [5.74, 6) is 0. The second-order valence-electron chi connectivity index (χ2n) is 5.05. The van der Waals surface area contributed by atoms with E-state index >= 15 is 0 Å². The number of nitrogens with one attached hydrogen (secondary N) is 2. The van der Waals surface area contributed by atoms with Crippen LogP contribution in [0.2, 0.25) is 0 Å². The van der Waals surface area contributed by atoms with Crippen LogP contribution in [0, 0.1) is 0 Å². The number of amides is 2. The van der Waals surface area contributed by atoms with Gasteiger partial charge >= 0.3 is 6.03 Å². The van der Waals surface area contributed by atoms with E-state index in [2.05, 4.69) is 25.6 Å². The van der Waals surface area contributed by atoms with Gasteiger partial charge in [-0.2, -0.15) is 0 Å². The molecular formula is C16H17N5O2S. The molecule has 0 fully saturated rings. The van der Waals surface area contributed by atoms with E-state index < -0.39 is 0 Å². The van der Waals surface area contributed by atoms with E-state index in [9.17, 15) is 4.79 Å². The third kappa shape index (κ3) is 3.50. The smallest absolute Gasteiger partial charge is 0.321 e. The number of aromatic nitrogens is 3. The van der Waals surface area contributed by atoms with E-state index in [1.807, 2.05) is 19.1 Å². The van der Waals surface area contributed by atoms with E-state index in [1.165, 1.54) is 17.7 Å². The van der Waals surface area contributed by atoms with Gasteiger partial charge in [-0.25, -0.2) is 19.7 Å². The van der Waals surface area contributed by atoms with Gasteiger partial charge in [0.2, 0.25) is 0 Å². The number of carbonyl (C=O) groups is 1. The summed E-state index contributed by atoms with van der Waals surface area (Å²) in [5, 5.41) is 5.99. The maximum atomic E-state index is 11.7. The quantitative estimate of drug-likeness (QED) is 0.743. The third-order valence-corrected chi connectivity index (χ3v) is 4.38. The molecule has 24 heavy (non-hydrogen) atoms. The summed E-state index contributed by atoms with van der Waals surface area (Å²) < 4.78 is 6.29. The molecule has 0 saturated heterocycles. The lowest BCUT2D eigenvalue weighted by atomic mass is 10.1. The molecule has 0 atom stereocenters. The van der Waals surface area contributed by atoms with Gasteiger partial charge in [0.15, 0.2) is 5.13 Å². The van der Waals surface area contributed by atoms with Crippen LogP contribution in [0.5, 0.6) is 0 Å². The molecule has 2 N–H and O–H groups in total. The normalized spacial score (nSPS) is 10.8. The molecule has 0 aliphatic heterocycles. The Kier molecular flexibility index (Phi) is 4.97. The molecule has 0 saturated carbocycles. The highest BCUT2D eigenvalue weighted by Crippen LogP contribution is 2.33. The number of fused-ring (bicyclic) bond motifs is 1. The number of anilines is 1. The number of thiazole rings is 1. The van der Waals surface area contributed by atoms with Crippen molar-refractivity contribution in [2.75, 3.05) is 19.0 Å². The number of rotatable bonds is 5. The second-order valence-corrected chi connectivity index (χ2v) is 6.05. The molecule has 0 radical (unpaired) electrons. The molecule has 0 bridgehead atoms. The highest BCUT2D eigenvalue weighted by atomic mass is 32.1. The minimum atomic E-state index is -0.262. The van der Waals surface area contributed by atoms with Crippen LogP contribution in [0.15, 0.2) is 30.9 Å². The lowest BCUT2D eigenvalue weighted by molar-refractivity contribution is 0.186. The monoisotopic (exact) mass is 343 g/mol. The maximum Gasteiger partial charge on any atom is 0.321 e. The van der Waals surface area contributed by atoms with Gasteiger partial charge in [-0.1, -0.05) is 11.3 Å². The molecule has 3 rings (SSSR count). The summed E-state index contributed by atoms with van der Waals surface area (Å²) in [7, 11) is 1.65. The number of hydrogen-bond acceptors (Lipinski definition) is 6. The van der Waals surface area contributed by atoms with Crippen molar-refractivity contribution in [3.8, 4) is 11.1 Å². The number of benzene rings is 1. The van der Waals surface area contributed by atoms with Gasteiger partial charge in [0.25, 0.3) is 0 Å². The third-order valence-electron chi connectivity index (χ3n) is 3.32. The molecule has 2 aromatic heterocycles. The van der Waals surface area contributed by atoms with Crippen molar-refractivity contribution < 1.29 is 9.53 Å². The van der Waals surface area contributed by atoms with Gasteiger partial charge in [0, 0.05) is 31.6 Å². The van der Waals surface area contributed by atoms with E-state index in [0.717, 1.165) is 26.9 Å². The first-order chi connectivity index (χ1) is 11.7. The van der Waals surface area contributed by atoms with Crippen molar-refractivity contribution in [2.45, 2.75) is 13.5 Å². The van der Waals surface area contributed by atoms with E-state index in [0.29, 0.717) is 18.3 Å². The first kappa shape index (κ1) is 16.3. The van der Waals surface area contributed by atoms with Crippen molar-refractivity contribution in [1.82, 2.24) is 20.3 Å². The lowest BCUT2D eigenvalue weighted by Gasteiger charge is -2.05. The van der Waals surface area contributed by atoms with Gasteiger partial charge < -0.3 is 10.1 Å². The standard InChI is InChI=1S/C16H17N5O2S/c1-3-19-15(22)21-16-20-13-5-10(12-6-17-9-18-7-12)4-11(8-23-2)14(13)24-16/h4-7,9H,3,8H2,1-2H3,(H2,19,20,21,22). The molecule has 8 heteroatoms. The first-order valence-corrected chi connectivity index (χ1v) is 8.25. The summed E-state index contributed by atoms with van der Waals surface area (Å²) in [5.41, 5.74) is 3.68. The Balaban J connectivity index is 2.03. The van der Waals surface area contributed by atoms with Crippen molar-refractivity contribution >= 4 is 32.7 Å². The fourth-order valence-corrected chi connectivity index (χ4v) is 3.27. The Morgan fingerprint density at radius 3 is 2.75 bits per heavy atom. The Morgan fingerprint density at radius 2 is 2.04 bits per heavy atom. The van der Waals surface area contributed by atoms with Crippen LogP contribution in [-0.2, 0) is 11.3 Å². The second kappa shape index (κ2) is 7.33. The van der Waals surface area contributed by atoms with Gasteiger partial charge in [0.05, 0.1) is 16.8 Å². The van der Waals surface area contributed by atoms with Crippen LogP contribution < -0.4 is 10.6 Å². The molecule has 2 amide bonds. The fraction of sp³-hybridized carbons (Fsp3) is 0.250. The zero-order valence-corrected chi connectivity index (χ0v) is 14.2. The predicted molar refractivity (Wildman–Crippen MR) is 94.1 cm³/mol. The fourth-order valence-electron chi connectivity index (χ4n) is 2.33. The van der Waals surface area contributed by atoms with Crippen molar-refractivity contribution in [3.63, 3.8) is 0 Å². The van der Waals surface area contributed by atoms with Crippen molar-refractivity contribution in [1.29, 1.82) is 0 Å². The number of urea groups is 1. The van der Waals surface area contributed by atoms with Gasteiger partial charge in [-0.3, -0.25) is 5.32 Å². The summed E-state index contributed by atoms with van der Waals surface area (Å²) in [6.45, 7) is 2.88. The molecule has 1 aromatic carbocycles. The number of methoxy groups -OCH3 is 1. The van der Waals surface area contributed by atoms with E-state index in [4.69, 9.17) is 4.74 Å². The molecular weight excluding hydrogens is 326 g/mol. The minimum absolute atomic E-state index is 0.262. The van der Waals surface area contributed by atoms with Crippen LogP contribution in [0.3, 0.4) is 0 Å². The number of nitrogens with zero attached hydrogens (tertiary/aromatic N) is 3. The maximum absolute atomic E-state index is 11.7. The molecule has 124 valence electrons. The molecule has 3 aromatic rings. The van der Waals surface area contributed by atoms with E-state index in [-0.39, 0.29) is 6.03 Å². The number of hydrogen-bond donors (Lipinski definition) is 2. The molecule has 7 nitrogen and oxygen atoms in total. The SMILES string of the molecule is CCNC(=O)Nc1nc2cc(-c3cncnc3)cc(COC)c2s1. The van der Waals surface area contributed by atoms with Crippen LogP contribution in [-0.4, -0.2) is 34.6 Å². The Bertz CT molecular complexity index is 850. The molecule has 0 aliphatic carbocycles. The minimum Gasteiger partial charge on any atom is -0.380 e. The van der Waals surface area contributed by atoms with Crippen LogP contribution in [0.4, 0.5) is 9.93 Å². The Morgan fingerprint density at radius 1 is 1.25 bits per heavy atom. The average Bonchev–Trinajstić information content (AvgIpc) is 2.98. The lowest BCUT2D eigenvalue weighted by Crippen LogP contribution is -2.28. The summed E-state index contributed by atoms with van der Waals surface area (Å²) in [4.78, 5) is 24.3. The summed E-state index contributed by atoms with van der Waals surface area (Å²) in [6.07, 6.45) is 5.01. The number of carbonyl (C=O) groups excluding carboxylic acids is 1. The predicted octanol–water partition coefficient (Wildman–Crippen LogP) is 3.04. The largest absolute Gasteiger partial charge is 0.380 e. The Hall–Kier alpha value is -2.58. The highest BCUT2D eigenvalue weighted by Gasteiger charge is 2.13. The van der Waals surface area contributed by atoms with Crippen LogP contribution in [0.1, 0.15) is 12.5 Å². The van der Waals surface area contributed by atoms with Gasteiger partial charge in [-0.15, -0.1) is 0 Å². The zero-order valence-electron chi connectivity index (χ0n) is 13.4. The van der Waals surface area contributed by atoms with Crippen molar-refractivity contribution in [3.05, 3.63) is 36.4 Å². The topological polar surface area (TPSA) is 89.0 Å². The molecule has 0 spiro atoms. The van der Waals surface area contributed by atoms with E-state index in [1.54, 1.807) is 19.5 Å². The summed E-state index contributed by atoms with van der Waals surface area (Å²) >= 11 is 1.43. The average molecular weight is 343 g/mol. The Labute approximate surface area is 143 Å². The van der Waals surface area contributed by atoms with Crippen molar-refractivity contribution in [2.24, 2.45) is 0 Å². The van der Waals surface area contributed by atoms with Crippen LogP contribution >= 0.6 is 11.3 Å². The van der Waals surface area contributed by atoms with Gasteiger partial charge in [-0.05, 0) is 30.2 Å². The molecule has 0 unspecified atom stereocenters.